The van der Waals surface area contributed by atoms with Gasteiger partial charge >= 0.3 is 0 Å². The molecule has 2 aromatic carbocycles. The van der Waals surface area contributed by atoms with Crippen LogP contribution in [-0.2, 0) is 5.88 Å². The number of rotatable bonds is 4. The zero-order valence-electron chi connectivity index (χ0n) is 10.7. The molecule has 0 N–H and O–H groups in total. The Bertz CT molecular complexity index is 667. The van der Waals surface area contributed by atoms with Gasteiger partial charge in [0.15, 0.2) is 0 Å². The molecule has 0 saturated carbocycles. The van der Waals surface area contributed by atoms with Gasteiger partial charge in [0.05, 0.1) is 10.5 Å². The fourth-order valence-electron chi connectivity index (χ4n) is 1.77. The minimum atomic E-state index is 0.411. The van der Waals surface area contributed by atoms with Crippen LogP contribution < -0.4 is 4.74 Å². The molecule has 0 aliphatic rings. The molecule has 0 radical (unpaired) electrons. The molecule has 0 amide bonds. The first-order chi connectivity index (χ1) is 9.69. The minimum absolute atomic E-state index is 0.411. The molecule has 0 aromatic heterocycles. The number of halogens is 2. The zero-order chi connectivity index (χ0) is 14.5. The van der Waals surface area contributed by atoms with Gasteiger partial charge in [-0.3, -0.25) is 0 Å². The van der Waals surface area contributed by atoms with Crippen LogP contribution in [0.1, 0.15) is 11.1 Å². The Morgan fingerprint density at radius 1 is 1.25 bits per heavy atom. The molecule has 102 valence electrons. The molecule has 0 saturated heterocycles. The fraction of sp³-hybridized carbons (Fsp3) is 0.133. The summed E-state index contributed by atoms with van der Waals surface area (Å²) in [7, 11) is 0. The minimum Gasteiger partial charge on any atom is -0.455 e. The fourth-order valence-corrected chi connectivity index (χ4v) is 2.95. The monoisotopic (exact) mass is 323 g/mol. The molecule has 2 rings (SSSR count). The number of benzene rings is 2. The van der Waals surface area contributed by atoms with Crippen LogP contribution >= 0.6 is 35.0 Å². The molecule has 2 nitrogen and oxygen atoms in total. The van der Waals surface area contributed by atoms with Crippen LogP contribution in [0.4, 0.5) is 0 Å². The van der Waals surface area contributed by atoms with E-state index in [1.807, 2.05) is 24.5 Å². The van der Waals surface area contributed by atoms with Crippen molar-refractivity contribution in [1.29, 1.82) is 5.26 Å². The van der Waals surface area contributed by atoms with E-state index in [9.17, 15) is 0 Å². The number of hydrogen-bond acceptors (Lipinski definition) is 3. The van der Waals surface area contributed by atoms with E-state index < -0.39 is 0 Å². The van der Waals surface area contributed by atoms with Crippen molar-refractivity contribution in [1.82, 2.24) is 0 Å². The third-order valence-electron chi connectivity index (χ3n) is 2.69. The normalized spacial score (nSPS) is 10.1. The van der Waals surface area contributed by atoms with Gasteiger partial charge in [-0.05, 0) is 30.0 Å². The summed E-state index contributed by atoms with van der Waals surface area (Å²) in [5.74, 6) is 1.53. The van der Waals surface area contributed by atoms with Gasteiger partial charge in [0.2, 0.25) is 0 Å². The molecular formula is C15H11Cl2NOS. The van der Waals surface area contributed by atoms with E-state index in [2.05, 4.69) is 6.07 Å². The first kappa shape index (κ1) is 15.1. The molecule has 0 aliphatic heterocycles. The second kappa shape index (κ2) is 6.90. The van der Waals surface area contributed by atoms with Gasteiger partial charge in [-0.1, -0.05) is 23.7 Å². The molecule has 5 heteroatoms. The summed E-state index contributed by atoms with van der Waals surface area (Å²) >= 11 is 13.4. The summed E-state index contributed by atoms with van der Waals surface area (Å²) in [5.41, 5.74) is 1.44. The number of nitriles is 1. The van der Waals surface area contributed by atoms with Crippen molar-refractivity contribution in [2.45, 2.75) is 10.8 Å². The van der Waals surface area contributed by atoms with Gasteiger partial charge < -0.3 is 4.74 Å². The van der Waals surface area contributed by atoms with Crippen molar-refractivity contribution >= 4 is 35.0 Å². The van der Waals surface area contributed by atoms with E-state index in [-0.39, 0.29) is 0 Å². The summed E-state index contributed by atoms with van der Waals surface area (Å²) in [6, 6.07) is 12.7. The second-order valence-corrected chi connectivity index (χ2v) is 5.46. The highest BCUT2D eigenvalue weighted by Crippen LogP contribution is 2.36. The third kappa shape index (κ3) is 3.21. The first-order valence-corrected chi connectivity index (χ1v) is 7.92. The molecule has 0 aliphatic carbocycles. The van der Waals surface area contributed by atoms with Gasteiger partial charge in [0.25, 0.3) is 0 Å². The van der Waals surface area contributed by atoms with E-state index in [4.69, 9.17) is 33.2 Å². The number of nitrogens with zero attached hydrogens (tertiary/aromatic N) is 1. The third-order valence-corrected chi connectivity index (χ3v) is 4.09. The highest BCUT2D eigenvalue weighted by molar-refractivity contribution is 7.98. The van der Waals surface area contributed by atoms with Crippen LogP contribution in [0.5, 0.6) is 11.5 Å². The Morgan fingerprint density at radius 2 is 2.05 bits per heavy atom. The summed E-state index contributed by atoms with van der Waals surface area (Å²) in [5, 5.41) is 9.64. The predicted octanol–water partition coefficient (Wildman–Crippen LogP) is 5.46. The standard InChI is InChI=1S/C15H11Cl2NOS/c1-20-15-10(8-16)3-2-4-13(15)19-14-7-12(17)6-5-11(14)9-18/h2-7H,8H2,1H3. The van der Waals surface area contributed by atoms with E-state index in [0.717, 1.165) is 10.5 Å². The Hall–Kier alpha value is -1.34. The lowest BCUT2D eigenvalue weighted by atomic mass is 10.2. The van der Waals surface area contributed by atoms with Gasteiger partial charge in [0, 0.05) is 17.0 Å². The lowest BCUT2D eigenvalue weighted by molar-refractivity contribution is 0.468. The predicted molar refractivity (Wildman–Crippen MR) is 84.0 cm³/mol. The van der Waals surface area contributed by atoms with E-state index in [0.29, 0.717) is 28.0 Å². The van der Waals surface area contributed by atoms with Crippen LogP contribution in [0.25, 0.3) is 0 Å². The summed E-state index contributed by atoms with van der Waals surface area (Å²) in [4.78, 5) is 0.964. The maximum atomic E-state index is 9.12. The number of thioether (sulfide) groups is 1. The highest BCUT2D eigenvalue weighted by atomic mass is 35.5. The molecule has 0 spiro atoms. The molecule has 2 aromatic rings. The molecule has 20 heavy (non-hydrogen) atoms. The van der Waals surface area contributed by atoms with Crippen molar-refractivity contribution in [3.05, 3.63) is 52.5 Å². The molecule has 0 unspecified atom stereocenters. The van der Waals surface area contributed by atoms with Gasteiger partial charge in [-0.25, -0.2) is 0 Å². The van der Waals surface area contributed by atoms with Crippen LogP contribution in [0.15, 0.2) is 41.3 Å². The maximum Gasteiger partial charge on any atom is 0.146 e. The Balaban J connectivity index is 2.45. The molecule has 0 fully saturated rings. The molecule has 0 atom stereocenters. The Labute approximate surface area is 132 Å². The van der Waals surface area contributed by atoms with Crippen LogP contribution in [0.2, 0.25) is 5.02 Å². The van der Waals surface area contributed by atoms with Crippen molar-refractivity contribution < 1.29 is 4.74 Å². The smallest absolute Gasteiger partial charge is 0.146 e. The van der Waals surface area contributed by atoms with E-state index in [1.54, 1.807) is 30.0 Å². The second-order valence-electron chi connectivity index (χ2n) is 3.94. The Kier molecular flexibility index (Phi) is 5.19. The van der Waals surface area contributed by atoms with Crippen LogP contribution in [0.3, 0.4) is 0 Å². The van der Waals surface area contributed by atoms with Crippen molar-refractivity contribution in [2.24, 2.45) is 0 Å². The summed E-state index contributed by atoms with van der Waals surface area (Å²) < 4.78 is 5.86. The average Bonchev–Trinajstić information content (AvgIpc) is 2.47. The number of ether oxygens (including phenoxy) is 1. The molecule has 0 bridgehead atoms. The maximum absolute atomic E-state index is 9.12. The van der Waals surface area contributed by atoms with Crippen LogP contribution in [0, 0.1) is 11.3 Å². The quantitative estimate of drug-likeness (QED) is 0.553. The average molecular weight is 324 g/mol. The molecular weight excluding hydrogens is 313 g/mol. The van der Waals surface area contributed by atoms with Crippen molar-refractivity contribution in [2.75, 3.05) is 6.26 Å². The van der Waals surface area contributed by atoms with Gasteiger partial charge in [-0.2, -0.15) is 5.26 Å². The SMILES string of the molecule is CSc1c(CCl)cccc1Oc1cc(Cl)ccc1C#N. The van der Waals surface area contributed by atoms with Crippen molar-refractivity contribution in [3.8, 4) is 17.6 Å². The first-order valence-electron chi connectivity index (χ1n) is 5.79. The zero-order valence-corrected chi connectivity index (χ0v) is 13.0. The van der Waals surface area contributed by atoms with E-state index >= 15 is 0 Å². The van der Waals surface area contributed by atoms with Crippen LogP contribution in [-0.4, -0.2) is 6.26 Å². The summed E-state index contributed by atoms with van der Waals surface area (Å²) in [6.07, 6.45) is 1.96. The largest absolute Gasteiger partial charge is 0.455 e. The topological polar surface area (TPSA) is 33.0 Å². The lowest BCUT2D eigenvalue weighted by Crippen LogP contribution is -1.93. The number of hydrogen-bond donors (Lipinski definition) is 0. The molecule has 0 heterocycles. The highest BCUT2D eigenvalue weighted by Gasteiger charge is 2.11. The number of alkyl halides is 1. The van der Waals surface area contributed by atoms with Gasteiger partial charge in [0.1, 0.15) is 17.6 Å². The van der Waals surface area contributed by atoms with Gasteiger partial charge in [-0.15, -0.1) is 23.4 Å². The van der Waals surface area contributed by atoms with Crippen molar-refractivity contribution in [3.63, 3.8) is 0 Å². The Morgan fingerprint density at radius 3 is 2.70 bits per heavy atom. The summed E-state index contributed by atoms with van der Waals surface area (Å²) in [6.45, 7) is 0. The van der Waals surface area contributed by atoms with E-state index in [1.165, 1.54) is 0 Å². The lowest BCUT2D eigenvalue weighted by Gasteiger charge is -2.13.